The number of nitrogens with one attached hydrogen (secondary N) is 2. The van der Waals surface area contributed by atoms with Crippen molar-refractivity contribution in [1.82, 2.24) is 19.6 Å². The van der Waals surface area contributed by atoms with Crippen molar-refractivity contribution in [3.63, 3.8) is 0 Å². The van der Waals surface area contributed by atoms with E-state index in [0.29, 0.717) is 18.3 Å². The van der Waals surface area contributed by atoms with Gasteiger partial charge in [-0.05, 0) is 24.0 Å². The maximum Gasteiger partial charge on any atom is 0.269 e. The van der Waals surface area contributed by atoms with Crippen molar-refractivity contribution in [3.05, 3.63) is 53.6 Å². The summed E-state index contributed by atoms with van der Waals surface area (Å²) in [6, 6.07) is 7.85. The van der Waals surface area contributed by atoms with Gasteiger partial charge in [-0.3, -0.25) is 4.79 Å². The summed E-state index contributed by atoms with van der Waals surface area (Å²) >= 11 is 0. The van der Waals surface area contributed by atoms with Crippen LogP contribution in [0, 0.1) is 0 Å². The summed E-state index contributed by atoms with van der Waals surface area (Å²) in [5.41, 5.74) is 2.33. The first-order chi connectivity index (χ1) is 11.4. The lowest BCUT2D eigenvalue weighted by molar-refractivity contribution is 0.0941. The summed E-state index contributed by atoms with van der Waals surface area (Å²) in [5, 5.41) is 2.89. The molecular weight excluding hydrogens is 328 g/mol. The molecule has 0 aliphatic heterocycles. The highest BCUT2D eigenvalue weighted by Gasteiger charge is 2.27. The monoisotopic (exact) mass is 348 g/mol. The zero-order chi connectivity index (χ0) is 17.2. The molecule has 0 saturated heterocycles. The first-order valence-electron chi connectivity index (χ1n) is 7.75. The lowest BCUT2D eigenvalue weighted by atomic mass is 10.1. The van der Waals surface area contributed by atoms with Gasteiger partial charge in [0.1, 0.15) is 5.69 Å². The molecule has 2 N–H and O–H groups in total. The number of aromatic nitrogens is 2. The standard InChI is InChI=1S/C16H20N4O3S/c1-24(22,23)19-9-13-4-2-3-12(7-13)8-18-16(21)15-10-17-11-20(15)14-5-6-14/h2-4,7,10-11,14,19H,5-6,8-9H2,1H3,(H,18,21). The van der Waals surface area contributed by atoms with Gasteiger partial charge in [0, 0.05) is 19.1 Å². The number of rotatable bonds is 7. The molecular formula is C16H20N4O3S. The van der Waals surface area contributed by atoms with Crippen LogP contribution in [-0.4, -0.2) is 30.1 Å². The van der Waals surface area contributed by atoms with Gasteiger partial charge < -0.3 is 9.88 Å². The Kier molecular flexibility index (Phi) is 4.68. The minimum Gasteiger partial charge on any atom is -0.347 e. The highest BCUT2D eigenvalue weighted by Crippen LogP contribution is 2.35. The van der Waals surface area contributed by atoms with Crippen molar-refractivity contribution < 1.29 is 13.2 Å². The van der Waals surface area contributed by atoms with Gasteiger partial charge in [0.25, 0.3) is 5.91 Å². The van der Waals surface area contributed by atoms with Crippen molar-refractivity contribution in [2.75, 3.05) is 6.26 Å². The van der Waals surface area contributed by atoms with E-state index in [1.54, 1.807) is 12.5 Å². The SMILES string of the molecule is CS(=O)(=O)NCc1cccc(CNC(=O)c2cncn2C2CC2)c1. The molecule has 0 bridgehead atoms. The van der Waals surface area contributed by atoms with E-state index >= 15 is 0 Å². The van der Waals surface area contributed by atoms with E-state index in [1.807, 2.05) is 28.8 Å². The van der Waals surface area contributed by atoms with E-state index in [-0.39, 0.29) is 12.5 Å². The number of benzene rings is 1. The van der Waals surface area contributed by atoms with Crippen LogP contribution >= 0.6 is 0 Å². The topological polar surface area (TPSA) is 93.1 Å². The van der Waals surface area contributed by atoms with E-state index in [1.165, 1.54) is 0 Å². The summed E-state index contributed by atoms with van der Waals surface area (Å²) in [4.78, 5) is 16.4. The lowest BCUT2D eigenvalue weighted by Crippen LogP contribution is -2.25. The van der Waals surface area contributed by atoms with E-state index in [2.05, 4.69) is 15.0 Å². The number of hydrogen-bond donors (Lipinski definition) is 2. The van der Waals surface area contributed by atoms with Gasteiger partial charge >= 0.3 is 0 Å². The van der Waals surface area contributed by atoms with Crippen molar-refractivity contribution in [3.8, 4) is 0 Å². The molecule has 3 rings (SSSR count). The number of carbonyl (C=O) groups excluding carboxylic acids is 1. The predicted octanol–water partition coefficient (Wildman–Crippen LogP) is 1.20. The minimum absolute atomic E-state index is 0.154. The molecule has 24 heavy (non-hydrogen) atoms. The summed E-state index contributed by atoms with van der Waals surface area (Å²) in [7, 11) is -3.23. The normalized spacial score (nSPS) is 14.5. The Balaban J connectivity index is 1.60. The molecule has 8 heteroatoms. The largest absolute Gasteiger partial charge is 0.347 e. The second-order valence-electron chi connectivity index (χ2n) is 6.01. The fourth-order valence-corrected chi connectivity index (χ4v) is 2.89. The number of nitrogens with zero attached hydrogens (tertiary/aromatic N) is 2. The third-order valence-electron chi connectivity index (χ3n) is 3.82. The number of carbonyl (C=O) groups is 1. The summed E-state index contributed by atoms with van der Waals surface area (Å²) in [6.45, 7) is 0.608. The van der Waals surface area contributed by atoms with Gasteiger partial charge in [0.2, 0.25) is 10.0 Å². The average molecular weight is 348 g/mol. The molecule has 1 aromatic heterocycles. The van der Waals surface area contributed by atoms with Crippen LogP contribution in [0.1, 0.15) is 40.5 Å². The van der Waals surface area contributed by atoms with E-state index in [4.69, 9.17) is 0 Å². The summed E-state index contributed by atoms with van der Waals surface area (Å²) in [6.07, 6.45) is 6.59. The summed E-state index contributed by atoms with van der Waals surface area (Å²) < 4.78 is 26.7. The van der Waals surface area contributed by atoms with Crippen LogP contribution in [-0.2, 0) is 23.1 Å². The number of amides is 1. The number of sulfonamides is 1. The highest BCUT2D eigenvalue weighted by atomic mass is 32.2. The van der Waals surface area contributed by atoms with Crippen LogP contribution in [0.15, 0.2) is 36.8 Å². The molecule has 7 nitrogen and oxygen atoms in total. The van der Waals surface area contributed by atoms with Gasteiger partial charge in [-0.25, -0.2) is 18.1 Å². The molecule has 1 saturated carbocycles. The Hall–Kier alpha value is -2.19. The number of imidazole rings is 1. The molecule has 1 aliphatic carbocycles. The molecule has 1 heterocycles. The molecule has 0 radical (unpaired) electrons. The average Bonchev–Trinajstić information content (AvgIpc) is 3.27. The fraction of sp³-hybridized carbons (Fsp3) is 0.375. The lowest BCUT2D eigenvalue weighted by Gasteiger charge is -2.09. The quantitative estimate of drug-likeness (QED) is 0.786. The van der Waals surface area contributed by atoms with Gasteiger partial charge in [-0.1, -0.05) is 24.3 Å². The Morgan fingerprint density at radius 2 is 2.00 bits per heavy atom. The van der Waals surface area contributed by atoms with Crippen LogP contribution in [0.4, 0.5) is 0 Å². The molecule has 128 valence electrons. The Labute approximate surface area is 141 Å². The summed E-state index contributed by atoms with van der Waals surface area (Å²) in [5.74, 6) is -0.154. The van der Waals surface area contributed by atoms with Gasteiger partial charge in [-0.2, -0.15) is 0 Å². The van der Waals surface area contributed by atoms with Crippen LogP contribution in [0.2, 0.25) is 0 Å². The molecule has 1 fully saturated rings. The molecule has 0 unspecified atom stereocenters. The predicted molar refractivity (Wildman–Crippen MR) is 89.8 cm³/mol. The Morgan fingerprint density at radius 1 is 1.29 bits per heavy atom. The Bertz CT molecular complexity index is 841. The zero-order valence-corrected chi connectivity index (χ0v) is 14.2. The fourth-order valence-electron chi connectivity index (χ4n) is 2.46. The highest BCUT2D eigenvalue weighted by molar-refractivity contribution is 7.88. The van der Waals surface area contributed by atoms with E-state index in [0.717, 1.165) is 30.2 Å². The van der Waals surface area contributed by atoms with Gasteiger partial charge in [0.05, 0.1) is 18.8 Å². The minimum atomic E-state index is -3.23. The second-order valence-corrected chi connectivity index (χ2v) is 7.85. The van der Waals surface area contributed by atoms with Gasteiger partial charge in [0.15, 0.2) is 0 Å². The Morgan fingerprint density at radius 3 is 2.67 bits per heavy atom. The zero-order valence-electron chi connectivity index (χ0n) is 13.4. The van der Waals surface area contributed by atoms with Crippen molar-refractivity contribution in [2.24, 2.45) is 0 Å². The van der Waals surface area contributed by atoms with Crippen molar-refractivity contribution in [2.45, 2.75) is 32.0 Å². The molecule has 1 amide bonds. The van der Waals surface area contributed by atoms with Gasteiger partial charge in [-0.15, -0.1) is 0 Å². The van der Waals surface area contributed by atoms with E-state index < -0.39 is 10.0 Å². The van der Waals surface area contributed by atoms with Crippen LogP contribution in [0.3, 0.4) is 0 Å². The maximum absolute atomic E-state index is 12.3. The van der Waals surface area contributed by atoms with Crippen LogP contribution in [0.25, 0.3) is 0 Å². The first kappa shape index (κ1) is 16.7. The first-order valence-corrected chi connectivity index (χ1v) is 9.64. The second kappa shape index (κ2) is 6.74. The third-order valence-corrected chi connectivity index (χ3v) is 4.49. The molecule has 1 aliphatic rings. The van der Waals surface area contributed by atoms with Crippen molar-refractivity contribution in [1.29, 1.82) is 0 Å². The molecule has 0 spiro atoms. The van der Waals surface area contributed by atoms with E-state index in [9.17, 15) is 13.2 Å². The number of hydrogen-bond acceptors (Lipinski definition) is 4. The van der Waals surface area contributed by atoms with Crippen LogP contribution in [0.5, 0.6) is 0 Å². The molecule has 0 atom stereocenters. The molecule has 2 aromatic rings. The molecule has 1 aromatic carbocycles. The smallest absolute Gasteiger partial charge is 0.269 e. The third kappa shape index (κ3) is 4.42. The van der Waals surface area contributed by atoms with Crippen LogP contribution < -0.4 is 10.0 Å². The van der Waals surface area contributed by atoms with Crippen molar-refractivity contribution >= 4 is 15.9 Å². The maximum atomic E-state index is 12.3.